The minimum Gasteiger partial charge on any atom is -0.306 e. The minimum atomic E-state index is -0.0298. The van der Waals surface area contributed by atoms with Crippen LogP contribution in [-0.4, -0.2) is 9.97 Å². The Hall–Kier alpha value is -1.94. The Bertz CT molecular complexity index is 830. The van der Waals surface area contributed by atoms with Crippen LogP contribution in [0.5, 0.6) is 0 Å². The van der Waals surface area contributed by atoms with Crippen molar-refractivity contribution in [2.45, 2.75) is 26.7 Å². The van der Waals surface area contributed by atoms with Gasteiger partial charge in [0.2, 0.25) is 0 Å². The standard InChI is InChI=1S/C16H16N2OS/c1-9(2)14-10(3)17-15(18-16(14)19)12-8-20-13-7-5-4-6-11(12)13/h4-9H,1-3H3,(H,17,18,19). The maximum atomic E-state index is 12.2. The highest BCUT2D eigenvalue weighted by atomic mass is 32.1. The van der Waals surface area contributed by atoms with E-state index in [0.717, 1.165) is 22.2 Å². The Kier molecular flexibility index (Phi) is 3.18. The van der Waals surface area contributed by atoms with E-state index in [-0.39, 0.29) is 11.5 Å². The minimum absolute atomic E-state index is 0.0298. The Balaban J connectivity index is 2.23. The molecule has 3 nitrogen and oxygen atoms in total. The lowest BCUT2D eigenvalue weighted by molar-refractivity contribution is 0.815. The number of rotatable bonds is 2. The summed E-state index contributed by atoms with van der Waals surface area (Å²) in [5, 5.41) is 3.19. The van der Waals surface area contributed by atoms with Gasteiger partial charge in [-0.05, 0) is 18.9 Å². The molecule has 102 valence electrons. The normalized spacial score (nSPS) is 11.4. The van der Waals surface area contributed by atoms with Gasteiger partial charge < -0.3 is 4.98 Å². The van der Waals surface area contributed by atoms with Gasteiger partial charge in [0.15, 0.2) is 0 Å². The summed E-state index contributed by atoms with van der Waals surface area (Å²) in [7, 11) is 0. The predicted octanol–water partition coefficient (Wildman–Crippen LogP) is 4.08. The van der Waals surface area contributed by atoms with Gasteiger partial charge in [0.25, 0.3) is 5.56 Å². The average Bonchev–Trinajstić information content (AvgIpc) is 2.81. The van der Waals surface area contributed by atoms with E-state index < -0.39 is 0 Å². The number of benzene rings is 1. The molecule has 0 aliphatic carbocycles. The van der Waals surface area contributed by atoms with Crippen LogP contribution in [0.3, 0.4) is 0 Å². The first-order valence-electron chi connectivity index (χ1n) is 6.65. The zero-order valence-corrected chi connectivity index (χ0v) is 12.5. The smallest absolute Gasteiger partial charge is 0.254 e. The number of aryl methyl sites for hydroxylation is 1. The number of thiophene rings is 1. The Labute approximate surface area is 121 Å². The molecule has 0 fully saturated rings. The van der Waals surface area contributed by atoms with Crippen LogP contribution in [-0.2, 0) is 0 Å². The van der Waals surface area contributed by atoms with Crippen LogP contribution < -0.4 is 5.56 Å². The van der Waals surface area contributed by atoms with Gasteiger partial charge in [-0.1, -0.05) is 32.0 Å². The number of aromatic amines is 1. The van der Waals surface area contributed by atoms with Gasteiger partial charge in [-0.15, -0.1) is 11.3 Å². The van der Waals surface area contributed by atoms with Gasteiger partial charge >= 0.3 is 0 Å². The topological polar surface area (TPSA) is 45.8 Å². The van der Waals surface area contributed by atoms with Crippen molar-refractivity contribution in [1.29, 1.82) is 0 Å². The summed E-state index contributed by atoms with van der Waals surface area (Å²) in [6.07, 6.45) is 0. The Morgan fingerprint density at radius 1 is 1.25 bits per heavy atom. The van der Waals surface area contributed by atoms with Crippen LogP contribution >= 0.6 is 11.3 Å². The van der Waals surface area contributed by atoms with Crippen molar-refractivity contribution in [3.8, 4) is 11.4 Å². The van der Waals surface area contributed by atoms with E-state index in [9.17, 15) is 4.79 Å². The number of fused-ring (bicyclic) bond motifs is 1. The molecule has 20 heavy (non-hydrogen) atoms. The van der Waals surface area contributed by atoms with Crippen LogP contribution in [0.15, 0.2) is 34.4 Å². The van der Waals surface area contributed by atoms with Crippen molar-refractivity contribution < 1.29 is 0 Å². The molecule has 0 unspecified atom stereocenters. The quantitative estimate of drug-likeness (QED) is 0.770. The van der Waals surface area contributed by atoms with E-state index in [1.54, 1.807) is 11.3 Å². The van der Waals surface area contributed by atoms with Crippen molar-refractivity contribution in [2.75, 3.05) is 0 Å². The third-order valence-electron chi connectivity index (χ3n) is 3.46. The first-order chi connectivity index (χ1) is 9.58. The lowest BCUT2D eigenvalue weighted by Gasteiger charge is -2.09. The third kappa shape index (κ3) is 2.06. The number of H-pyrrole nitrogens is 1. The van der Waals surface area contributed by atoms with Crippen LogP contribution in [0.1, 0.15) is 31.0 Å². The molecule has 2 aromatic heterocycles. The van der Waals surface area contributed by atoms with Gasteiger partial charge in [0.1, 0.15) is 5.82 Å². The molecule has 2 heterocycles. The highest BCUT2D eigenvalue weighted by molar-refractivity contribution is 7.17. The molecule has 0 aliphatic rings. The van der Waals surface area contributed by atoms with Crippen LogP contribution in [0, 0.1) is 6.92 Å². The van der Waals surface area contributed by atoms with Crippen molar-refractivity contribution in [3.63, 3.8) is 0 Å². The van der Waals surface area contributed by atoms with E-state index >= 15 is 0 Å². The summed E-state index contributed by atoms with van der Waals surface area (Å²) in [5.41, 5.74) is 2.56. The largest absolute Gasteiger partial charge is 0.306 e. The highest BCUT2D eigenvalue weighted by Gasteiger charge is 2.14. The van der Waals surface area contributed by atoms with Crippen LogP contribution in [0.25, 0.3) is 21.5 Å². The zero-order chi connectivity index (χ0) is 14.3. The van der Waals surface area contributed by atoms with Crippen molar-refractivity contribution in [1.82, 2.24) is 9.97 Å². The molecule has 1 N–H and O–H groups in total. The fourth-order valence-electron chi connectivity index (χ4n) is 2.56. The van der Waals surface area contributed by atoms with Gasteiger partial charge in [-0.2, -0.15) is 0 Å². The molecule has 0 bridgehead atoms. The zero-order valence-electron chi connectivity index (χ0n) is 11.7. The van der Waals surface area contributed by atoms with Crippen molar-refractivity contribution >= 4 is 21.4 Å². The summed E-state index contributed by atoms with van der Waals surface area (Å²) in [6, 6.07) is 8.17. The number of nitrogens with zero attached hydrogens (tertiary/aromatic N) is 1. The molecule has 3 aromatic rings. The number of aromatic nitrogens is 2. The van der Waals surface area contributed by atoms with Crippen LogP contribution in [0.4, 0.5) is 0 Å². The van der Waals surface area contributed by atoms with E-state index in [4.69, 9.17) is 0 Å². The maximum absolute atomic E-state index is 12.2. The SMILES string of the molecule is Cc1nc(-c2csc3ccccc23)[nH]c(=O)c1C(C)C. The first kappa shape index (κ1) is 13.1. The monoisotopic (exact) mass is 284 g/mol. The molecule has 1 aromatic carbocycles. The van der Waals surface area contributed by atoms with Gasteiger partial charge in [0, 0.05) is 32.3 Å². The van der Waals surface area contributed by atoms with Gasteiger partial charge in [-0.25, -0.2) is 4.98 Å². The van der Waals surface area contributed by atoms with E-state index in [1.807, 2.05) is 32.9 Å². The molecule has 0 aliphatic heterocycles. The third-order valence-corrected chi connectivity index (χ3v) is 4.42. The van der Waals surface area contributed by atoms with Crippen LogP contribution in [0.2, 0.25) is 0 Å². The lowest BCUT2D eigenvalue weighted by atomic mass is 10.0. The Morgan fingerprint density at radius 3 is 2.70 bits per heavy atom. The maximum Gasteiger partial charge on any atom is 0.254 e. The summed E-state index contributed by atoms with van der Waals surface area (Å²) in [5.74, 6) is 0.842. The molecule has 0 saturated heterocycles. The molecule has 4 heteroatoms. The summed E-state index contributed by atoms with van der Waals surface area (Å²) in [6.45, 7) is 5.93. The number of hydrogen-bond acceptors (Lipinski definition) is 3. The molecular weight excluding hydrogens is 268 g/mol. The summed E-state index contributed by atoms with van der Waals surface area (Å²) in [4.78, 5) is 19.8. The molecule has 3 rings (SSSR count). The summed E-state index contributed by atoms with van der Waals surface area (Å²) >= 11 is 1.67. The molecule has 0 saturated carbocycles. The second kappa shape index (κ2) is 4.87. The lowest BCUT2D eigenvalue weighted by Crippen LogP contribution is -2.18. The van der Waals surface area contributed by atoms with Crippen molar-refractivity contribution in [3.05, 3.63) is 51.3 Å². The number of hydrogen-bond donors (Lipinski definition) is 1. The molecule has 0 spiro atoms. The van der Waals surface area contributed by atoms with E-state index in [2.05, 4.69) is 27.5 Å². The van der Waals surface area contributed by atoms with Gasteiger partial charge in [-0.3, -0.25) is 4.79 Å². The second-order valence-electron chi connectivity index (χ2n) is 5.21. The molecule has 0 amide bonds. The highest BCUT2D eigenvalue weighted by Crippen LogP contribution is 2.31. The first-order valence-corrected chi connectivity index (χ1v) is 7.53. The fourth-order valence-corrected chi connectivity index (χ4v) is 3.51. The molecule has 0 radical (unpaired) electrons. The van der Waals surface area contributed by atoms with Crippen molar-refractivity contribution in [2.24, 2.45) is 0 Å². The average molecular weight is 284 g/mol. The number of nitrogens with one attached hydrogen (secondary N) is 1. The fraction of sp³-hybridized carbons (Fsp3) is 0.250. The van der Waals surface area contributed by atoms with Gasteiger partial charge in [0.05, 0.1) is 0 Å². The summed E-state index contributed by atoms with van der Waals surface area (Å²) < 4.78 is 1.20. The van der Waals surface area contributed by atoms with E-state index in [0.29, 0.717) is 5.82 Å². The predicted molar refractivity (Wildman–Crippen MR) is 84.5 cm³/mol. The second-order valence-corrected chi connectivity index (χ2v) is 6.13. The Morgan fingerprint density at radius 2 is 2.00 bits per heavy atom. The molecular formula is C16H16N2OS. The molecule has 0 atom stereocenters. The van der Waals surface area contributed by atoms with E-state index in [1.165, 1.54) is 4.70 Å².